The summed E-state index contributed by atoms with van der Waals surface area (Å²) in [6, 6.07) is 0. The number of aliphatic hydroxyl groups is 1. The summed E-state index contributed by atoms with van der Waals surface area (Å²) in [7, 11) is -1.68. The zero-order valence-corrected chi connectivity index (χ0v) is 10.8. The number of hydrogen-bond acceptors (Lipinski definition) is 4. The van der Waals surface area contributed by atoms with Crippen LogP contribution in [-0.2, 0) is 14.8 Å². The molecule has 1 atom stereocenters. The van der Waals surface area contributed by atoms with E-state index in [0.717, 1.165) is 6.42 Å². The van der Waals surface area contributed by atoms with E-state index in [1.165, 1.54) is 4.31 Å². The molecule has 0 radical (unpaired) electrons. The number of nitrogens with zero attached hydrogens (tertiary/aromatic N) is 1. The van der Waals surface area contributed by atoms with Crippen molar-refractivity contribution in [2.75, 3.05) is 32.6 Å². The Balaban J connectivity index is 2.54. The van der Waals surface area contributed by atoms with Gasteiger partial charge in [0.05, 0.1) is 11.4 Å². The van der Waals surface area contributed by atoms with E-state index in [1.807, 2.05) is 0 Å². The van der Waals surface area contributed by atoms with Crippen LogP contribution in [0.4, 0.5) is 0 Å². The third-order valence-electron chi connectivity index (χ3n) is 2.78. The van der Waals surface area contributed by atoms with Crippen molar-refractivity contribution in [2.45, 2.75) is 31.8 Å². The maximum absolute atomic E-state index is 11.9. The maximum Gasteiger partial charge on any atom is 0.214 e. The third-order valence-corrected chi connectivity index (χ3v) is 4.69. The minimum absolute atomic E-state index is 0.0942. The van der Waals surface area contributed by atoms with Gasteiger partial charge in [-0.15, -0.1) is 0 Å². The van der Waals surface area contributed by atoms with Crippen molar-refractivity contribution in [3.63, 3.8) is 0 Å². The fourth-order valence-electron chi connectivity index (χ4n) is 1.93. The van der Waals surface area contributed by atoms with Gasteiger partial charge in [0.1, 0.15) is 0 Å². The predicted molar refractivity (Wildman–Crippen MR) is 61.7 cm³/mol. The molecule has 0 aliphatic carbocycles. The third kappa shape index (κ3) is 4.01. The highest BCUT2D eigenvalue weighted by Gasteiger charge is 2.34. The molecule has 6 heteroatoms. The Hall–Kier alpha value is -0.170. The Morgan fingerprint density at radius 3 is 2.75 bits per heavy atom. The van der Waals surface area contributed by atoms with E-state index in [9.17, 15) is 13.5 Å². The van der Waals surface area contributed by atoms with Crippen molar-refractivity contribution < 1.29 is 18.3 Å². The van der Waals surface area contributed by atoms with Gasteiger partial charge >= 0.3 is 0 Å². The SMILES string of the molecule is COCCCS(=O)(=O)N1CCCC(C)(O)C1. The van der Waals surface area contributed by atoms with Gasteiger partial charge in [0, 0.05) is 26.8 Å². The molecule has 1 rings (SSSR count). The van der Waals surface area contributed by atoms with Gasteiger partial charge in [0.25, 0.3) is 0 Å². The largest absolute Gasteiger partial charge is 0.389 e. The quantitative estimate of drug-likeness (QED) is 0.709. The molecular weight excluding hydrogens is 230 g/mol. The molecule has 1 fully saturated rings. The number of hydrogen-bond donors (Lipinski definition) is 1. The van der Waals surface area contributed by atoms with Crippen molar-refractivity contribution in [2.24, 2.45) is 0 Å². The molecule has 0 aromatic rings. The smallest absolute Gasteiger partial charge is 0.214 e. The Morgan fingerprint density at radius 2 is 2.19 bits per heavy atom. The fourth-order valence-corrected chi connectivity index (χ4v) is 3.55. The van der Waals surface area contributed by atoms with E-state index in [2.05, 4.69) is 0 Å². The van der Waals surface area contributed by atoms with Crippen molar-refractivity contribution in [1.82, 2.24) is 4.31 Å². The molecule has 1 N–H and O–H groups in total. The molecule has 1 aliphatic heterocycles. The summed E-state index contributed by atoms with van der Waals surface area (Å²) in [4.78, 5) is 0. The average Bonchev–Trinajstić information content (AvgIpc) is 2.16. The molecule has 0 amide bonds. The van der Waals surface area contributed by atoms with Gasteiger partial charge in [-0.1, -0.05) is 0 Å². The van der Waals surface area contributed by atoms with Crippen LogP contribution in [0, 0.1) is 0 Å². The Kier molecular flexibility index (Phi) is 4.73. The van der Waals surface area contributed by atoms with Crippen LogP contribution in [0.25, 0.3) is 0 Å². The average molecular weight is 251 g/mol. The number of methoxy groups -OCH3 is 1. The van der Waals surface area contributed by atoms with Gasteiger partial charge in [-0.3, -0.25) is 0 Å². The topological polar surface area (TPSA) is 66.8 Å². The zero-order chi connectivity index (χ0) is 12.2. The maximum atomic E-state index is 11.9. The second kappa shape index (κ2) is 5.44. The highest BCUT2D eigenvalue weighted by Crippen LogP contribution is 2.22. The lowest BCUT2D eigenvalue weighted by atomic mass is 9.97. The first kappa shape index (κ1) is 13.9. The first-order valence-electron chi connectivity index (χ1n) is 5.56. The molecule has 0 aromatic carbocycles. The molecule has 0 saturated carbocycles. The normalized spacial score (nSPS) is 28.2. The van der Waals surface area contributed by atoms with Crippen LogP contribution in [0.5, 0.6) is 0 Å². The van der Waals surface area contributed by atoms with E-state index < -0.39 is 15.6 Å². The van der Waals surface area contributed by atoms with E-state index in [-0.39, 0.29) is 12.3 Å². The van der Waals surface area contributed by atoms with Gasteiger partial charge in [-0.25, -0.2) is 8.42 Å². The molecule has 0 aromatic heterocycles. The Bertz CT molecular complexity index is 313. The van der Waals surface area contributed by atoms with Gasteiger partial charge in [-0.2, -0.15) is 4.31 Å². The summed E-state index contributed by atoms with van der Waals surface area (Å²) in [5, 5.41) is 9.85. The van der Waals surface area contributed by atoms with E-state index >= 15 is 0 Å². The highest BCUT2D eigenvalue weighted by molar-refractivity contribution is 7.89. The standard InChI is InChI=1S/C10H21NO4S/c1-10(12)5-3-6-11(9-10)16(13,14)8-4-7-15-2/h12H,3-9H2,1-2H3. The molecule has 0 bridgehead atoms. The number of rotatable bonds is 5. The molecule has 0 spiro atoms. The molecule has 1 aliphatic rings. The Labute approximate surface area is 97.4 Å². The van der Waals surface area contributed by atoms with Crippen molar-refractivity contribution in [3.05, 3.63) is 0 Å². The monoisotopic (exact) mass is 251 g/mol. The highest BCUT2D eigenvalue weighted by atomic mass is 32.2. The van der Waals surface area contributed by atoms with Crippen molar-refractivity contribution >= 4 is 10.0 Å². The van der Waals surface area contributed by atoms with Crippen LogP contribution in [0.3, 0.4) is 0 Å². The van der Waals surface area contributed by atoms with Gasteiger partial charge in [-0.05, 0) is 26.2 Å². The summed E-state index contributed by atoms with van der Waals surface area (Å²) in [6.07, 6.45) is 1.88. The first-order chi connectivity index (χ1) is 7.37. The summed E-state index contributed by atoms with van der Waals surface area (Å²) in [5.74, 6) is 0.0942. The van der Waals surface area contributed by atoms with E-state index in [0.29, 0.717) is 26.0 Å². The summed E-state index contributed by atoms with van der Waals surface area (Å²) in [6.45, 7) is 2.86. The molecule has 1 saturated heterocycles. The lowest BCUT2D eigenvalue weighted by Crippen LogP contribution is -2.49. The molecule has 1 unspecified atom stereocenters. The first-order valence-corrected chi connectivity index (χ1v) is 7.17. The predicted octanol–water partition coefficient (Wildman–Crippen LogP) is 0.200. The molecule has 16 heavy (non-hydrogen) atoms. The van der Waals surface area contributed by atoms with Gasteiger partial charge < -0.3 is 9.84 Å². The minimum Gasteiger partial charge on any atom is -0.389 e. The Morgan fingerprint density at radius 1 is 1.50 bits per heavy atom. The zero-order valence-electron chi connectivity index (χ0n) is 9.98. The fraction of sp³-hybridized carbons (Fsp3) is 1.00. The number of ether oxygens (including phenoxy) is 1. The van der Waals surface area contributed by atoms with Crippen LogP contribution < -0.4 is 0 Å². The van der Waals surface area contributed by atoms with Crippen LogP contribution in [0.1, 0.15) is 26.2 Å². The van der Waals surface area contributed by atoms with Crippen LogP contribution in [0.2, 0.25) is 0 Å². The number of sulfonamides is 1. The van der Waals surface area contributed by atoms with Gasteiger partial charge in [0.2, 0.25) is 10.0 Å². The minimum atomic E-state index is -3.23. The van der Waals surface area contributed by atoms with Crippen LogP contribution in [-0.4, -0.2) is 56.0 Å². The summed E-state index contributed by atoms with van der Waals surface area (Å²) < 4.78 is 30.0. The van der Waals surface area contributed by atoms with Crippen molar-refractivity contribution in [1.29, 1.82) is 0 Å². The summed E-state index contributed by atoms with van der Waals surface area (Å²) in [5.41, 5.74) is -0.882. The van der Waals surface area contributed by atoms with Crippen molar-refractivity contribution in [3.8, 4) is 0 Å². The summed E-state index contributed by atoms with van der Waals surface area (Å²) >= 11 is 0. The van der Waals surface area contributed by atoms with Crippen LogP contribution in [0.15, 0.2) is 0 Å². The second-order valence-corrected chi connectivity index (χ2v) is 6.68. The molecule has 5 nitrogen and oxygen atoms in total. The van der Waals surface area contributed by atoms with E-state index in [4.69, 9.17) is 4.74 Å². The van der Waals surface area contributed by atoms with Gasteiger partial charge in [0.15, 0.2) is 0 Å². The molecule has 1 heterocycles. The second-order valence-electron chi connectivity index (χ2n) is 4.60. The lowest BCUT2D eigenvalue weighted by Gasteiger charge is -2.35. The lowest BCUT2D eigenvalue weighted by molar-refractivity contribution is 0.00937. The number of piperidine rings is 1. The number of β-amino-alcohol motifs (C(OH)–C–C–N with tert-alkyl or cyclic N) is 1. The van der Waals surface area contributed by atoms with E-state index in [1.54, 1.807) is 14.0 Å². The van der Waals surface area contributed by atoms with Crippen LogP contribution >= 0.6 is 0 Å². The molecular formula is C10H21NO4S. The molecule has 96 valence electrons.